The van der Waals surface area contributed by atoms with Crippen molar-refractivity contribution < 1.29 is 23.0 Å². The van der Waals surface area contributed by atoms with Crippen molar-refractivity contribution in [3.63, 3.8) is 0 Å². The molecular weight excluding hydrogens is 257 g/mol. The van der Waals surface area contributed by atoms with Crippen LogP contribution in [0.15, 0.2) is 24.3 Å². The van der Waals surface area contributed by atoms with Gasteiger partial charge in [-0.05, 0) is 30.5 Å². The minimum Gasteiger partial charge on any atom is -0.385 e. The van der Waals surface area contributed by atoms with Crippen LogP contribution in [0, 0.1) is 0 Å². The molecule has 19 heavy (non-hydrogen) atoms. The molecule has 1 N–H and O–H groups in total. The number of halogens is 3. The lowest BCUT2D eigenvalue weighted by atomic mass is 9.89. The summed E-state index contributed by atoms with van der Waals surface area (Å²) in [5.41, 5.74) is -0.891. The number of aliphatic hydroxyl groups is 1. The van der Waals surface area contributed by atoms with Gasteiger partial charge in [-0.3, -0.25) is 0 Å². The Morgan fingerprint density at radius 2 is 1.68 bits per heavy atom. The first-order chi connectivity index (χ1) is 8.89. The van der Waals surface area contributed by atoms with E-state index in [1.165, 1.54) is 12.1 Å². The van der Waals surface area contributed by atoms with Gasteiger partial charge >= 0.3 is 6.18 Å². The molecule has 106 valence electrons. The topological polar surface area (TPSA) is 29.5 Å². The molecule has 5 heteroatoms. The standard InChI is InChI=1S/C14H17F3O2/c1-19-13(8-2-3-9-13)12(18)10-4-6-11(7-5-10)14(15,16)17/h4-7,12,18H,2-3,8-9H2,1H3. The van der Waals surface area contributed by atoms with Crippen molar-refractivity contribution in [2.75, 3.05) is 7.11 Å². The molecule has 2 nitrogen and oxygen atoms in total. The van der Waals surface area contributed by atoms with Gasteiger partial charge in [0, 0.05) is 7.11 Å². The van der Waals surface area contributed by atoms with E-state index in [-0.39, 0.29) is 0 Å². The van der Waals surface area contributed by atoms with Crippen LogP contribution in [0.2, 0.25) is 0 Å². The molecule has 0 heterocycles. The molecule has 0 radical (unpaired) electrons. The maximum atomic E-state index is 12.5. The molecule has 2 rings (SSSR count). The molecule has 1 aliphatic rings. The lowest BCUT2D eigenvalue weighted by Gasteiger charge is -2.33. The Morgan fingerprint density at radius 3 is 2.11 bits per heavy atom. The second kappa shape index (κ2) is 5.13. The zero-order valence-electron chi connectivity index (χ0n) is 10.7. The van der Waals surface area contributed by atoms with Crippen LogP contribution in [-0.4, -0.2) is 17.8 Å². The third kappa shape index (κ3) is 2.77. The van der Waals surface area contributed by atoms with Crippen molar-refractivity contribution in [2.24, 2.45) is 0 Å². The normalized spacial score (nSPS) is 20.5. The summed E-state index contributed by atoms with van der Waals surface area (Å²) in [5.74, 6) is 0. The molecule has 0 amide bonds. The SMILES string of the molecule is COC1(C(O)c2ccc(C(F)(F)F)cc2)CCCC1. The summed E-state index contributed by atoms with van der Waals surface area (Å²) < 4.78 is 42.9. The number of ether oxygens (including phenoxy) is 1. The number of hydrogen-bond donors (Lipinski definition) is 1. The third-order valence-electron chi connectivity index (χ3n) is 3.91. The highest BCUT2D eigenvalue weighted by molar-refractivity contribution is 5.28. The first kappa shape index (κ1) is 14.3. The van der Waals surface area contributed by atoms with E-state index in [1.807, 2.05) is 0 Å². The minimum absolute atomic E-state index is 0.469. The van der Waals surface area contributed by atoms with Crippen LogP contribution in [0.4, 0.5) is 13.2 Å². The number of hydrogen-bond acceptors (Lipinski definition) is 2. The quantitative estimate of drug-likeness (QED) is 0.910. The smallest absolute Gasteiger partial charge is 0.385 e. The van der Waals surface area contributed by atoms with Crippen molar-refractivity contribution >= 4 is 0 Å². The molecule has 1 aromatic rings. The van der Waals surface area contributed by atoms with Crippen LogP contribution in [0.3, 0.4) is 0 Å². The van der Waals surface area contributed by atoms with Gasteiger partial charge in [-0.25, -0.2) is 0 Å². The second-order valence-corrected chi connectivity index (χ2v) is 5.00. The maximum absolute atomic E-state index is 12.5. The molecule has 0 spiro atoms. The van der Waals surface area contributed by atoms with Crippen LogP contribution in [0.25, 0.3) is 0 Å². The molecule has 1 aliphatic carbocycles. The Hall–Kier alpha value is -1.07. The molecule has 1 unspecified atom stereocenters. The molecule has 1 fully saturated rings. The fraction of sp³-hybridized carbons (Fsp3) is 0.571. The first-order valence-electron chi connectivity index (χ1n) is 6.29. The highest BCUT2D eigenvalue weighted by Gasteiger charge is 2.41. The fourth-order valence-corrected chi connectivity index (χ4v) is 2.72. The molecule has 1 aromatic carbocycles. The monoisotopic (exact) mass is 274 g/mol. The summed E-state index contributed by atoms with van der Waals surface area (Å²) in [5, 5.41) is 10.4. The van der Waals surface area contributed by atoms with E-state index < -0.39 is 23.4 Å². The summed E-state index contributed by atoms with van der Waals surface area (Å²) in [6.45, 7) is 0. The van der Waals surface area contributed by atoms with Gasteiger partial charge in [0.05, 0.1) is 11.2 Å². The Labute approximate surface area is 110 Å². The Bertz CT molecular complexity index is 419. The summed E-state index contributed by atoms with van der Waals surface area (Å²) in [6, 6.07) is 4.65. The van der Waals surface area contributed by atoms with E-state index in [0.29, 0.717) is 5.56 Å². The second-order valence-electron chi connectivity index (χ2n) is 5.00. The third-order valence-corrected chi connectivity index (χ3v) is 3.91. The first-order valence-corrected chi connectivity index (χ1v) is 6.29. The summed E-state index contributed by atoms with van der Waals surface area (Å²) in [7, 11) is 1.54. The minimum atomic E-state index is -4.35. The van der Waals surface area contributed by atoms with Gasteiger partial charge in [0.15, 0.2) is 0 Å². The molecule has 1 atom stereocenters. The van der Waals surface area contributed by atoms with Crippen LogP contribution in [0.5, 0.6) is 0 Å². The highest BCUT2D eigenvalue weighted by atomic mass is 19.4. The van der Waals surface area contributed by atoms with Gasteiger partial charge in [-0.15, -0.1) is 0 Å². The van der Waals surface area contributed by atoms with Crippen LogP contribution < -0.4 is 0 Å². The van der Waals surface area contributed by atoms with E-state index in [1.54, 1.807) is 7.11 Å². The zero-order valence-corrected chi connectivity index (χ0v) is 10.7. The molecule has 0 aromatic heterocycles. The lowest BCUT2D eigenvalue weighted by molar-refractivity contribution is -0.137. The number of rotatable bonds is 3. The van der Waals surface area contributed by atoms with Crippen LogP contribution in [-0.2, 0) is 10.9 Å². The molecule has 0 aliphatic heterocycles. The number of aliphatic hydroxyl groups excluding tert-OH is 1. The highest BCUT2D eigenvalue weighted by Crippen LogP contribution is 2.42. The largest absolute Gasteiger partial charge is 0.416 e. The van der Waals surface area contributed by atoms with Gasteiger partial charge in [0.1, 0.15) is 6.10 Å². The van der Waals surface area contributed by atoms with E-state index in [0.717, 1.165) is 37.8 Å². The maximum Gasteiger partial charge on any atom is 0.416 e. The van der Waals surface area contributed by atoms with E-state index >= 15 is 0 Å². The zero-order chi connectivity index (χ0) is 14.1. The molecular formula is C14H17F3O2. The lowest BCUT2D eigenvalue weighted by Crippen LogP contribution is -2.35. The van der Waals surface area contributed by atoms with Gasteiger partial charge in [-0.2, -0.15) is 13.2 Å². The predicted molar refractivity (Wildman–Crippen MR) is 64.6 cm³/mol. The van der Waals surface area contributed by atoms with Crippen LogP contribution >= 0.6 is 0 Å². The van der Waals surface area contributed by atoms with Crippen LogP contribution in [0.1, 0.15) is 42.9 Å². The van der Waals surface area contributed by atoms with Crippen molar-refractivity contribution in [2.45, 2.75) is 43.6 Å². The average molecular weight is 274 g/mol. The van der Waals surface area contributed by atoms with Gasteiger partial charge in [0.25, 0.3) is 0 Å². The van der Waals surface area contributed by atoms with Crippen molar-refractivity contribution in [1.29, 1.82) is 0 Å². The molecule has 0 bridgehead atoms. The number of methoxy groups -OCH3 is 1. The fourth-order valence-electron chi connectivity index (χ4n) is 2.72. The Balaban J connectivity index is 2.22. The summed E-state index contributed by atoms with van der Waals surface area (Å²) in [6.07, 6.45) is -1.85. The average Bonchev–Trinajstić information content (AvgIpc) is 2.87. The predicted octanol–water partition coefficient (Wildman–Crippen LogP) is 3.70. The Morgan fingerprint density at radius 1 is 1.16 bits per heavy atom. The van der Waals surface area contributed by atoms with Gasteiger partial charge in [-0.1, -0.05) is 25.0 Å². The van der Waals surface area contributed by atoms with Crippen molar-refractivity contribution in [3.8, 4) is 0 Å². The number of benzene rings is 1. The van der Waals surface area contributed by atoms with Gasteiger partial charge in [0.2, 0.25) is 0 Å². The summed E-state index contributed by atoms with van der Waals surface area (Å²) in [4.78, 5) is 0. The molecule has 1 saturated carbocycles. The Kier molecular flexibility index (Phi) is 3.87. The van der Waals surface area contributed by atoms with E-state index in [4.69, 9.17) is 4.74 Å². The molecule has 0 saturated heterocycles. The van der Waals surface area contributed by atoms with E-state index in [9.17, 15) is 18.3 Å². The summed E-state index contributed by atoms with van der Waals surface area (Å²) >= 11 is 0. The van der Waals surface area contributed by atoms with E-state index in [2.05, 4.69) is 0 Å². The number of alkyl halides is 3. The van der Waals surface area contributed by atoms with Gasteiger partial charge < -0.3 is 9.84 Å². The van der Waals surface area contributed by atoms with Crippen molar-refractivity contribution in [1.82, 2.24) is 0 Å². The van der Waals surface area contributed by atoms with Crippen molar-refractivity contribution in [3.05, 3.63) is 35.4 Å².